The Balaban J connectivity index is 1.68. The Kier molecular flexibility index (Phi) is 7.48. The first-order valence-electron chi connectivity index (χ1n) is 9.99. The maximum atomic E-state index is 12.6. The van der Waals surface area contributed by atoms with Crippen LogP contribution in [0.25, 0.3) is 0 Å². The molecule has 1 aromatic heterocycles. The number of thiazole rings is 1. The summed E-state index contributed by atoms with van der Waals surface area (Å²) in [4.78, 5) is 41.9. The molecule has 1 aliphatic carbocycles. The van der Waals surface area contributed by atoms with E-state index in [1.54, 1.807) is 7.05 Å². The summed E-state index contributed by atoms with van der Waals surface area (Å²) >= 11 is 2.52. The Bertz CT molecular complexity index is 1070. The van der Waals surface area contributed by atoms with Gasteiger partial charge in [0.1, 0.15) is 5.54 Å². The molecule has 11 heteroatoms. The molecule has 32 heavy (non-hydrogen) atoms. The van der Waals surface area contributed by atoms with Crippen molar-refractivity contribution in [2.24, 2.45) is 0 Å². The minimum atomic E-state index is -0.881. The third kappa shape index (κ3) is 5.26. The summed E-state index contributed by atoms with van der Waals surface area (Å²) in [6.45, 7) is 1.29. The zero-order valence-corrected chi connectivity index (χ0v) is 19.3. The summed E-state index contributed by atoms with van der Waals surface area (Å²) in [5, 5.41) is 23.0. The number of aromatic nitrogens is 1. The van der Waals surface area contributed by atoms with Crippen LogP contribution in [0.3, 0.4) is 0 Å². The number of hydrogen-bond acceptors (Lipinski definition) is 9. The Morgan fingerprint density at radius 1 is 1.38 bits per heavy atom. The average molecular weight is 475 g/mol. The van der Waals surface area contributed by atoms with E-state index < -0.39 is 28.9 Å². The van der Waals surface area contributed by atoms with Crippen LogP contribution in [0.5, 0.6) is 0 Å². The number of rotatable bonds is 7. The first kappa shape index (κ1) is 23.7. The smallest absolute Gasteiger partial charge is 0.338 e. The van der Waals surface area contributed by atoms with Crippen LogP contribution in [0.15, 0.2) is 32.8 Å². The predicted molar refractivity (Wildman–Crippen MR) is 119 cm³/mol. The maximum Gasteiger partial charge on any atom is 0.338 e. The highest BCUT2D eigenvalue weighted by Crippen LogP contribution is 2.37. The summed E-state index contributed by atoms with van der Waals surface area (Å²) in [7, 11) is 1.54. The summed E-state index contributed by atoms with van der Waals surface area (Å²) < 4.78 is 5.76. The molecule has 9 nitrogen and oxygen atoms in total. The van der Waals surface area contributed by atoms with Gasteiger partial charge in [0.25, 0.3) is 11.6 Å². The maximum absolute atomic E-state index is 12.6. The molecular weight excluding hydrogens is 452 g/mol. The van der Waals surface area contributed by atoms with E-state index in [1.807, 2.05) is 12.3 Å². The van der Waals surface area contributed by atoms with Gasteiger partial charge in [0.2, 0.25) is 0 Å². The average Bonchev–Trinajstić information content (AvgIpc) is 3.21. The summed E-state index contributed by atoms with van der Waals surface area (Å²) in [6, 6.07) is 6.27. The number of nitro groups is 1. The van der Waals surface area contributed by atoms with Gasteiger partial charge in [0.05, 0.1) is 21.5 Å². The fourth-order valence-electron chi connectivity index (χ4n) is 3.55. The number of carbonyl (C=O) groups is 2. The van der Waals surface area contributed by atoms with E-state index in [-0.39, 0.29) is 11.3 Å². The second-order valence-electron chi connectivity index (χ2n) is 7.53. The molecule has 168 valence electrons. The van der Waals surface area contributed by atoms with E-state index in [4.69, 9.17) is 4.74 Å². The summed E-state index contributed by atoms with van der Waals surface area (Å²) in [5.41, 5.74) is -0.333. The fourth-order valence-corrected chi connectivity index (χ4v) is 5.43. The van der Waals surface area contributed by atoms with E-state index in [9.17, 15) is 25.0 Å². The van der Waals surface area contributed by atoms with E-state index in [0.29, 0.717) is 22.1 Å². The highest BCUT2D eigenvalue weighted by Gasteiger charge is 2.39. The molecule has 1 saturated carbocycles. The van der Waals surface area contributed by atoms with Crippen molar-refractivity contribution in [3.63, 3.8) is 0 Å². The molecular formula is C21H22N4O5S2. The number of nitrogens with zero attached hydrogens (tertiary/aromatic N) is 4. The second-order valence-corrected chi connectivity index (χ2v) is 9.68. The van der Waals surface area contributed by atoms with Gasteiger partial charge in [0, 0.05) is 24.2 Å². The number of ether oxygens (including phenoxy) is 1. The van der Waals surface area contributed by atoms with Gasteiger partial charge in [-0.3, -0.25) is 14.9 Å². The van der Waals surface area contributed by atoms with E-state index in [1.165, 1.54) is 28.4 Å². The van der Waals surface area contributed by atoms with Gasteiger partial charge in [0.15, 0.2) is 10.9 Å². The third-order valence-corrected chi connectivity index (χ3v) is 7.54. The highest BCUT2D eigenvalue weighted by atomic mass is 32.2. The Morgan fingerprint density at radius 2 is 2.09 bits per heavy atom. The number of nitro benzene ring substituents is 1. The van der Waals surface area contributed by atoms with E-state index >= 15 is 0 Å². The second kappa shape index (κ2) is 10.1. The van der Waals surface area contributed by atoms with Crippen LogP contribution in [-0.4, -0.2) is 45.9 Å². The first-order chi connectivity index (χ1) is 15.3. The van der Waals surface area contributed by atoms with Crippen molar-refractivity contribution < 1.29 is 19.2 Å². The molecule has 0 bridgehead atoms. The summed E-state index contributed by atoms with van der Waals surface area (Å²) in [6.07, 6.45) is 3.92. The number of carbonyl (C=O) groups excluding carboxylic acids is 2. The summed E-state index contributed by atoms with van der Waals surface area (Å²) in [5.74, 6) is -1.33. The Labute approximate surface area is 193 Å². The topological polar surface area (TPSA) is 126 Å². The highest BCUT2D eigenvalue weighted by molar-refractivity contribution is 8.01. The van der Waals surface area contributed by atoms with Gasteiger partial charge in [-0.25, -0.2) is 9.78 Å². The molecule has 0 aliphatic heterocycles. The van der Waals surface area contributed by atoms with Crippen LogP contribution in [0.2, 0.25) is 0 Å². The number of esters is 1. The van der Waals surface area contributed by atoms with E-state index in [2.05, 4.69) is 11.1 Å². The molecule has 0 radical (unpaired) electrons. The van der Waals surface area contributed by atoms with Crippen molar-refractivity contribution in [1.29, 1.82) is 5.26 Å². The number of nitriles is 1. The lowest BCUT2D eigenvalue weighted by molar-refractivity contribution is -0.387. The molecule has 0 spiro atoms. The van der Waals surface area contributed by atoms with Gasteiger partial charge >= 0.3 is 5.97 Å². The Hall–Kier alpha value is -2.97. The molecule has 3 rings (SSSR count). The van der Waals surface area contributed by atoms with Crippen LogP contribution >= 0.6 is 23.1 Å². The molecule has 1 aliphatic rings. The third-order valence-electron chi connectivity index (χ3n) is 5.42. The van der Waals surface area contributed by atoms with Crippen molar-refractivity contribution in [3.05, 3.63) is 45.0 Å². The predicted octanol–water partition coefficient (Wildman–Crippen LogP) is 4.35. The largest absolute Gasteiger partial charge is 0.452 e. The lowest BCUT2D eigenvalue weighted by Gasteiger charge is -2.38. The van der Waals surface area contributed by atoms with Gasteiger partial charge in [-0.1, -0.05) is 31.0 Å². The van der Waals surface area contributed by atoms with E-state index in [0.717, 1.165) is 42.8 Å². The van der Waals surface area contributed by atoms with Gasteiger partial charge in [-0.2, -0.15) is 5.26 Å². The van der Waals surface area contributed by atoms with Gasteiger partial charge in [-0.05, 0) is 31.9 Å². The van der Waals surface area contributed by atoms with Crippen molar-refractivity contribution in [2.45, 2.75) is 53.8 Å². The number of benzene rings is 1. The zero-order valence-electron chi connectivity index (χ0n) is 17.7. The van der Waals surface area contributed by atoms with Gasteiger partial charge in [-0.15, -0.1) is 11.3 Å². The Morgan fingerprint density at radius 3 is 2.69 bits per heavy atom. The number of amides is 1. The van der Waals surface area contributed by atoms with Gasteiger partial charge < -0.3 is 9.64 Å². The standard InChI is InChI=1S/C21H22N4O5S2/c1-14-12-31-20(23-14)32-17-7-6-15(10-16(17)25(28)29)19(27)30-11-18(26)24(2)21(13-22)8-4-3-5-9-21/h6-7,10,12H,3-5,8-9,11H2,1-2H3. The van der Waals surface area contributed by atoms with Crippen molar-refractivity contribution >= 4 is 40.7 Å². The van der Waals surface area contributed by atoms with Crippen molar-refractivity contribution in [2.75, 3.05) is 13.7 Å². The SMILES string of the molecule is Cc1csc(Sc2ccc(C(=O)OCC(=O)N(C)C3(C#N)CCCCC3)cc2[N+](=O)[O-])n1. The number of hydrogen-bond donors (Lipinski definition) is 0. The zero-order chi connectivity index (χ0) is 23.3. The molecule has 0 N–H and O–H groups in total. The monoisotopic (exact) mass is 474 g/mol. The van der Waals surface area contributed by atoms with Crippen LogP contribution in [-0.2, 0) is 9.53 Å². The minimum Gasteiger partial charge on any atom is -0.452 e. The minimum absolute atomic E-state index is 0.0283. The lowest BCUT2D eigenvalue weighted by Crippen LogP contribution is -2.51. The van der Waals surface area contributed by atoms with Crippen LogP contribution in [0.4, 0.5) is 5.69 Å². The molecule has 2 aromatic rings. The van der Waals surface area contributed by atoms with Crippen molar-refractivity contribution in [1.82, 2.24) is 9.88 Å². The van der Waals surface area contributed by atoms with Crippen LogP contribution in [0.1, 0.15) is 48.2 Å². The lowest BCUT2D eigenvalue weighted by atomic mass is 9.81. The molecule has 0 unspecified atom stereocenters. The number of likely N-dealkylation sites (N-methyl/N-ethyl adjacent to an activating group) is 1. The first-order valence-corrected chi connectivity index (χ1v) is 11.7. The molecule has 1 aromatic carbocycles. The molecule has 1 fully saturated rings. The molecule has 0 atom stereocenters. The van der Waals surface area contributed by atoms with Crippen LogP contribution < -0.4 is 0 Å². The quantitative estimate of drug-likeness (QED) is 0.329. The fraction of sp³-hybridized carbons (Fsp3) is 0.429. The molecule has 1 heterocycles. The molecule has 0 saturated heterocycles. The molecule has 1 amide bonds. The van der Waals surface area contributed by atoms with Crippen molar-refractivity contribution in [3.8, 4) is 6.07 Å². The van der Waals surface area contributed by atoms with Crippen LogP contribution in [0, 0.1) is 28.4 Å². The number of aryl methyl sites for hydroxylation is 1. The normalized spacial score (nSPS) is 14.9.